The molecule has 110 valence electrons. The number of benzene rings is 4. The predicted octanol–water partition coefficient (Wildman–Crippen LogP) is 6.94. The van der Waals surface area contributed by atoms with E-state index in [0.29, 0.717) is 0 Å². The zero-order valence-electron chi connectivity index (χ0n) is 12.5. The molecule has 0 aromatic heterocycles. The van der Waals surface area contributed by atoms with Gasteiger partial charge in [-0.15, -0.1) is 0 Å². The van der Waals surface area contributed by atoms with Crippen LogP contribution in [0.3, 0.4) is 0 Å². The summed E-state index contributed by atoms with van der Waals surface area (Å²) in [7, 11) is 0. The van der Waals surface area contributed by atoms with Gasteiger partial charge >= 0.3 is 0 Å². The molecule has 0 heterocycles. The standard InChI is InChI=1S/C22H15Br/c23-21-15-14-18(16-8-3-1-4-9-16)20-13-7-12-19(22(20)21)17-10-5-2-6-11-17/h1-15H. The molecular weight excluding hydrogens is 344 g/mol. The van der Waals surface area contributed by atoms with Gasteiger partial charge < -0.3 is 0 Å². The Morgan fingerprint density at radius 1 is 0.478 bits per heavy atom. The molecule has 0 atom stereocenters. The van der Waals surface area contributed by atoms with Gasteiger partial charge in [-0.3, -0.25) is 0 Å². The molecule has 4 rings (SSSR count). The molecule has 0 amide bonds. The minimum absolute atomic E-state index is 1.13. The molecule has 0 unspecified atom stereocenters. The van der Waals surface area contributed by atoms with Crippen LogP contribution in [0.1, 0.15) is 0 Å². The number of rotatable bonds is 2. The molecule has 0 aliphatic carbocycles. The molecule has 0 bridgehead atoms. The fourth-order valence-electron chi connectivity index (χ4n) is 3.09. The normalized spacial score (nSPS) is 10.8. The highest BCUT2D eigenvalue weighted by Crippen LogP contribution is 2.38. The summed E-state index contributed by atoms with van der Waals surface area (Å²) in [6.07, 6.45) is 0. The largest absolute Gasteiger partial charge is 0.0622 e. The van der Waals surface area contributed by atoms with Gasteiger partial charge in [0.15, 0.2) is 0 Å². The minimum atomic E-state index is 1.13. The Labute approximate surface area is 144 Å². The van der Waals surface area contributed by atoms with Crippen LogP contribution in [-0.4, -0.2) is 0 Å². The first-order chi connectivity index (χ1) is 11.3. The highest BCUT2D eigenvalue weighted by Gasteiger charge is 2.11. The molecule has 0 aliphatic heterocycles. The van der Waals surface area contributed by atoms with Crippen LogP contribution in [0.4, 0.5) is 0 Å². The van der Waals surface area contributed by atoms with Crippen molar-refractivity contribution >= 4 is 26.7 Å². The van der Waals surface area contributed by atoms with Crippen LogP contribution in [0.25, 0.3) is 33.0 Å². The van der Waals surface area contributed by atoms with E-state index in [1.54, 1.807) is 0 Å². The summed E-state index contributed by atoms with van der Waals surface area (Å²) in [6, 6.07) is 32.0. The minimum Gasteiger partial charge on any atom is -0.0622 e. The molecule has 23 heavy (non-hydrogen) atoms. The topological polar surface area (TPSA) is 0 Å². The third-order valence-corrected chi connectivity index (χ3v) is 4.82. The second-order valence-electron chi connectivity index (χ2n) is 5.56. The van der Waals surface area contributed by atoms with Gasteiger partial charge in [-0.25, -0.2) is 0 Å². The average Bonchev–Trinajstić information content (AvgIpc) is 2.63. The van der Waals surface area contributed by atoms with Crippen LogP contribution in [0.5, 0.6) is 0 Å². The van der Waals surface area contributed by atoms with Gasteiger partial charge in [-0.05, 0) is 33.7 Å². The zero-order valence-corrected chi connectivity index (χ0v) is 14.1. The molecule has 0 N–H and O–H groups in total. The molecule has 1 heteroatoms. The second-order valence-corrected chi connectivity index (χ2v) is 6.41. The Balaban J connectivity index is 2.06. The third kappa shape index (κ3) is 2.58. The predicted molar refractivity (Wildman–Crippen MR) is 103 cm³/mol. The van der Waals surface area contributed by atoms with Crippen LogP contribution >= 0.6 is 15.9 Å². The van der Waals surface area contributed by atoms with Gasteiger partial charge in [0, 0.05) is 9.86 Å². The summed E-state index contributed by atoms with van der Waals surface area (Å²) in [5.41, 5.74) is 5.01. The lowest BCUT2D eigenvalue weighted by Crippen LogP contribution is -1.86. The first kappa shape index (κ1) is 14.2. The van der Waals surface area contributed by atoms with E-state index in [1.807, 2.05) is 0 Å². The molecule has 0 saturated heterocycles. The van der Waals surface area contributed by atoms with Crippen LogP contribution in [-0.2, 0) is 0 Å². The van der Waals surface area contributed by atoms with Crippen molar-refractivity contribution in [1.29, 1.82) is 0 Å². The van der Waals surface area contributed by atoms with Gasteiger partial charge in [0.1, 0.15) is 0 Å². The Morgan fingerprint density at radius 2 is 1.09 bits per heavy atom. The van der Waals surface area contributed by atoms with E-state index in [4.69, 9.17) is 0 Å². The van der Waals surface area contributed by atoms with E-state index < -0.39 is 0 Å². The van der Waals surface area contributed by atoms with Crippen molar-refractivity contribution in [3.05, 3.63) is 95.5 Å². The first-order valence-electron chi connectivity index (χ1n) is 7.67. The van der Waals surface area contributed by atoms with E-state index >= 15 is 0 Å². The quantitative estimate of drug-likeness (QED) is 0.364. The van der Waals surface area contributed by atoms with Gasteiger partial charge in [-0.2, -0.15) is 0 Å². The average molecular weight is 359 g/mol. The maximum Gasteiger partial charge on any atom is 0.0260 e. The fraction of sp³-hybridized carbons (Fsp3) is 0. The SMILES string of the molecule is Brc1ccc(-c2ccccc2)c2cccc(-c3ccccc3)c12. The van der Waals surface area contributed by atoms with Crippen LogP contribution in [0.15, 0.2) is 95.5 Å². The highest BCUT2D eigenvalue weighted by molar-refractivity contribution is 9.10. The second kappa shape index (κ2) is 6.02. The lowest BCUT2D eigenvalue weighted by atomic mass is 9.93. The summed E-state index contributed by atoms with van der Waals surface area (Å²) >= 11 is 3.75. The zero-order chi connectivity index (χ0) is 15.6. The van der Waals surface area contributed by atoms with Crippen LogP contribution in [0.2, 0.25) is 0 Å². The van der Waals surface area contributed by atoms with Gasteiger partial charge in [0.25, 0.3) is 0 Å². The van der Waals surface area contributed by atoms with Crippen molar-refractivity contribution in [2.24, 2.45) is 0 Å². The van der Waals surface area contributed by atoms with Gasteiger partial charge in [-0.1, -0.05) is 101 Å². The van der Waals surface area contributed by atoms with Crippen molar-refractivity contribution in [2.45, 2.75) is 0 Å². The maximum absolute atomic E-state index is 3.75. The van der Waals surface area contributed by atoms with Gasteiger partial charge in [0.2, 0.25) is 0 Å². The van der Waals surface area contributed by atoms with Crippen molar-refractivity contribution in [2.75, 3.05) is 0 Å². The van der Waals surface area contributed by atoms with E-state index in [1.165, 1.54) is 33.0 Å². The highest BCUT2D eigenvalue weighted by atomic mass is 79.9. The smallest absolute Gasteiger partial charge is 0.0260 e. The molecule has 0 aliphatic rings. The Bertz CT molecular complexity index is 957. The summed E-state index contributed by atoms with van der Waals surface area (Å²) in [6.45, 7) is 0. The summed E-state index contributed by atoms with van der Waals surface area (Å²) in [4.78, 5) is 0. The lowest BCUT2D eigenvalue weighted by molar-refractivity contribution is 1.61. The lowest BCUT2D eigenvalue weighted by Gasteiger charge is -2.13. The van der Waals surface area contributed by atoms with E-state index in [0.717, 1.165) is 4.47 Å². The van der Waals surface area contributed by atoms with Crippen LogP contribution < -0.4 is 0 Å². The molecule has 0 spiro atoms. The van der Waals surface area contributed by atoms with Crippen LogP contribution in [0, 0.1) is 0 Å². The fourth-order valence-corrected chi connectivity index (χ4v) is 3.65. The van der Waals surface area contributed by atoms with Crippen molar-refractivity contribution in [3.63, 3.8) is 0 Å². The van der Waals surface area contributed by atoms with Crippen molar-refractivity contribution < 1.29 is 0 Å². The molecule has 0 nitrogen and oxygen atoms in total. The third-order valence-electron chi connectivity index (χ3n) is 4.16. The monoisotopic (exact) mass is 358 g/mol. The Kier molecular flexibility index (Phi) is 3.72. The Morgan fingerprint density at radius 3 is 1.74 bits per heavy atom. The van der Waals surface area contributed by atoms with E-state index in [9.17, 15) is 0 Å². The molecule has 4 aromatic carbocycles. The molecule has 0 radical (unpaired) electrons. The summed E-state index contributed by atoms with van der Waals surface area (Å²) in [5.74, 6) is 0. The molecule has 4 aromatic rings. The molecular formula is C22H15Br. The molecule has 0 saturated carbocycles. The number of halogens is 1. The van der Waals surface area contributed by atoms with Gasteiger partial charge in [0.05, 0.1) is 0 Å². The summed E-state index contributed by atoms with van der Waals surface area (Å²) in [5, 5.41) is 2.53. The number of fused-ring (bicyclic) bond motifs is 1. The number of hydrogen-bond acceptors (Lipinski definition) is 0. The maximum atomic E-state index is 3.75. The Hall–Kier alpha value is -2.38. The van der Waals surface area contributed by atoms with Crippen molar-refractivity contribution in [3.8, 4) is 22.3 Å². The van der Waals surface area contributed by atoms with Crippen molar-refractivity contribution in [1.82, 2.24) is 0 Å². The number of hydrogen-bond donors (Lipinski definition) is 0. The van der Waals surface area contributed by atoms with E-state index in [-0.39, 0.29) is 0 Å². The summed E-state index contributed by atoms with van der Waals surface area (Å²) < 4.78 is 1.13. The molecule has 0 fully saturated rings. The first-order valence-corrected chi connectivity index (χ1v) is 8.46. The van der Waals surface area contributed by atoms with E-state index in [2.05, 4.69) is 107 Å².